The summed E-state index contributed by atoms with van der Waals surface area (Å²) in [7, 11) is 1.64. The van der Waals surface area contributed by atoms with Gasteiger partial charge >= 0.3 is 0 Å². The second-order valence-corrected chi connectivity index (χ2v) is 10.3. The Hall–Kier alpha value is -5.32. The Morgan fingerprint density at radius 3 is 2.71 bits per heavy atom. The largest absolute Gasteiger partial charge is 0.489 e. The number of H-pyrrole nitrogens is 2. The van der Waals surface area contributed by atoms with Gasteiger partial charge in [0.2, 0.25) is 5.82 Å². The van der Waals surface area contributed by atoms with Gasteiger partial charge in [-0.3, -0.25) is 24.6 Å². The molecule has 1 aliphatic rings. The lowest BCUT2D eigenvalue weighted by Crippen LogP contribution is -2.49. The molecule has 42 heavy (non-hydrogen) atoms. The minimum absolute atomic E-state index is 0.0396. The molecular formula is C31H29N7O4. The summed E-state index contributed by atoms with van der Waals surface area (Å²) in [5.74, 6) is 0.242. The number of anilines is 1. The lowest BCUT2D eigenvalue weighted by atomic mass is 10.0. The van der Waals surface area contributed by atoms with Crippen LogP contribution in [0.3, 0.4) is 0 Å². The Morgan fingerprint density at radius 2 is 1.86 bits per heavy atom. The van der Waals surface area contributed by atoms with Gasteiger partial charge in [-0.1, -0.05) is 42.5 Å². The molecule has 1 unspecified atom stereocenters. The number of likely N-dealkylation sites (N-methyl/N-ethyl adjacent to an activating group) is 1. The van der Waals surface area contributed by atoms with E-state index < -0.39 is 11.9 Å². The van der Waals surface area contributed by atoms with Crippen LogP contribution >= 0.6 is 0 Å². The maximum absolute atomic E-state index is 13.3. The lowest BCUT2D eigenvalue weighted by molar-refractivity contribution is -0.120. The van der Waals surface area contributed by atoms with E-state index in [0.717, 1.165) is 27.6 Å². The molecule has 0 saturated heterocycles. The van der Waals surface area contributed by atoms with Crippen LogP contribution in [0.1, 0.15) is 39.6 Å². The topological polar surface area (TPSA) is 146 Å². The van der Waals surface area contributed by atoms with Crippen molar-refractivity contribution >= 4 is 34.2 Å². The van der Waals surface area contributed by atoms with E-state index in [-0.39, 0.29) is 24.1 Å². The fourth-order valence-electron chi connectivity index (χ4n) is 4.99. The molecule has 5 aromatic rings. The zero-order valence-electron chi connectivity index (χ0n) is 23.0. The van der Waals surface area contributed by atoms with Gasteiger partial charge in [0, 0.05) is 31.7 Å². The monoisotopic (exact) mass is 563 g/mol. The molecule has 3 aromatic carbocycles. The lowest BCUT2D eigenvalue weighted by Gasteiger charge is -2.20. The minimum Gasteiger partial charge on any atom is -0.489 e. The van der Waals surface area contributed by atoms with Crippen LogP contribution in [0.15, 0.2) is 72.9 Å². The van der Waals surface area contributed by atoms with Gasteiger partial charge in [0.25, 0.3) is 11.8 Å². The van der Waals surface area contributed by atoms with E-state index in [4.69, 9.17) is 4.74 Å². The van der Waals surface area contributed by atoms with Gasteiger partial charge in [-0.25, -0.2) is 4.98 Å². The Kier molecular flexibility index (Phi) is 7.46. The molecule has 2 aromatic heterocycles. The van der Waals surface area contributed by atoms with E-state index in [1.54, 1.807) is 19.3 Å². The number of nitrogens with one attached hydrogen (secondary N) is 3. The average molecular weight is 564 g/mol. The van der Waals surface area contributed by atoms with Crippen LogP contribution in [-0.2, 0) is 28.9 Å². The van der Waals surface area contributed by atoms with Crippen LogP contribution in [-0.4, -0.2) is 62.7 Å². The predicted molar refractivity (Wildman–Crippen MR) is 155 cm³/mol. The van der Waals surface area contributed by atoms with Crippen molar-refractivity contribution in [1.29, 1.82) is 0 Å². The number of benzene rings is 3. The first kappa shape index (κ1) is 26.9. The van der Waals surface area contributed by atoms with E-state index in [0.29, 0.717) is 42.9 Å². The van der Waals surface area contributed by atoms with E-state index in [9.17, 15) is 14.4 Å². The normalized spacial score (nSPS) is 14.7. The second kappa shape index (κ2) is 11.7. The third-order valence-corrected chi connectivity index (χ3v) is 7.27. The number of nitrogens with zero attached hydrogens (tertiary/aromatic N) is 4. The average Bonchev–Trinajstić information content (AvgIpc) is 3.65. The summed E-state index contributed by atoms with van der Waals surface area (Å²) in [5.41, 5.74) is 4.40. The van der Waals surface area contributed by atoms with Crippen LogP contribution in [0.4, 0.5) is 5.69 Å². The molecule has 212 valence electrons. The first-order chi connectivity index (χ1) is 20.4. The molecule has 0 bridgehead atoms. The molecule has 0 spiro atoms. The Bertz CT molecular complexity index is 1760. The van der Waals surface area contributed by atoms with Crippen molar-refractivity contribution in [3.63, 3.8) is 0 Å². The molecule has 3 N–H and O–H groups in total. The van der Waals surface area contributed by atoms with Crippen molar-refractivity contribution in [2.75, 3.05) is 18.6 Å². The molecule has 2 amide bonds. The highest BCUT2D eigenvalue weighted by atomic mass is 16.5. The zero-order valence-corrected chi connectivity index (χ0v) is 23.0. The molecule has 11 heteroatoms. The van der Waals surface area contributed by atoms with Gasteiger partial charge in [0.05, 0.1) is 17.4 Å². The van der Waals surface area contributed by atoms with Gasteiger partial charge in [0.15, 0.2) is 0 Å². The number of amides is 2. The minimum atomic E-state index is -0.927. The fraction of sp³-hybridized carbons (Fsp3) is 0.226. The molecule has 0 saturated carbocycles. The van der Waals surface area contributed by atoms with Crippen molar-refractivity contribution in [3.8, 4) is 5.75 Å². The fourth-order valence-corrected chi connectivity index (χ4v) is 4.99. The first-order valence-electron chi connectivity index (χ1n) is 13.7. The Labute approximate surface area is 241 Å². The van der Waals surface area contributed by atoms with Crippen molar-refractivity contribution < 1.29 is 19.1 Å². The molecule has 0 radical (unpaired) electrons. The third kappa shape index (κ3) is 5.90. The first-order valence-corrected chi connectivity index (χ1v) is 13.7. The number of carbonyl (C=O) groups is 3. The van der Waals surface area contributed by atoms with Gasteiger partial charge in [-0.2, -0.15) is 5.10 Å². The van der Waals surface area contributed by atoms with Crippen molar-refractivity contribution in [2.45, 2.75) is 31.7 Å². The summed E-state index contributed by atoms with van der Waals surface area (Å²) in [5, 5.41) is 17.4. The number of aromatic nitrogens is 5. The zero-order chi connectivity index (χ0) is 29.1. The summed E-state index contributed by atoms with van der Waals surface area (Å²) in [6.45, 7) is -0.0396. The van der Waals surface area contributed by atoms with Gasteiger partial charge in [-0.15, -0.1) is 5.10 Å². The van der Waals surface area contributed by atoms with E-state index in [1.807, 2.05) is 60.7 Å². The molecule has 11 nitrogen and oxygen atoms in total. The standard InChI is InChI=1S/C31H29N7O4/c1-38-26-15-20(7-10-23(39)14-21-8-11-24-22(13-21)17-32-35-24)9-12-27(26)42-18-25(31(38)41)33-30(40)29-34-28(36-37-29)16-19-5-3-2-4-6-19/h2-6,8-9,11-13,15,17,25H,7,10,14,16,18H2,1H3,(H,32,35)(H,33,40)(H,34,36,37). The number of hydrogen-bond acceptors (Lipinski definition) is 7. The summed E-state index contributed by atoms with van der Waals surface area (Å²) < 4.78 is 5.91. The summed E-state index contributed by atoms with van der Waals surface area (Å²) in [4.78, 5) is 44.6. The molecule has 6 rings (SSSR count). The van der Waals surface area contributed by atoms with Gasteiger partial charge in [0.1, 0.15) is 30.0 Å². The number of Topliss-reactive ketones (excluding diaryl/α,β-unsaturated/α-hetero) is 1. The Morgan fingerprint density at radius 1 is 1.02 bits per heavy atom. The number of hydrogen-bond donors (Lipinski definition) is 3. The maximum Gasteiger partial charge on any atom is 0.291 e. The van der Waals surface area contributed by atoms with Crippen LogP contribution in [0.5, 0.6) is 5.75 Å². The summed E-state index contributed by atoms with van der Waals surface area (Å²) in [6, 6.07) is 20.1. The molecular weight excluding hydrogens is 534 g/mol. The van der Waals surface area contributed by atoms with E-state index >= 15 is 0 Å². The van der Waals surface area contributed by atoms with Crippen LogP contribution < -0.4 is 15.0 Å². The van der Waals surface area contributed by atoms with Gasteiger partial charge < -0.3 is 15.0 Å². The Balaban J connectivity index is 1.06. The molecule has 0 aliphatic carbocycles. The predicted octanol–water partition coefficient (Wildman–Crippen LogP) is 3.17. The van der Waals surface area contributed by atoms with E-state index in [1.165, 1.54) is 4.90 Å². The molecule has 1 atom stereocenters. The summed E-state index contributed by atoms with van der Waals surface area (Å²) >= 11 is 0. The van der Waals surface area contributed by atoms with Crippen molar-refractivity contribution in [3.05, 3.63) is 101 Å². The van der Waals surface area contributed by atoms with Crippen LogP contribution in [0.2, 0.25) is 0 Å². The smallest absolute Gasteiger partial charge is 0.291 e. The highest BCUT2D eigenvalue weighted by Gasteiger charge is 2.31. The number of aromatic amines is 2. The number of aryl methyl sites for hydroxylation is 1. The highest BCUT2D eigenvalue weighted by Crippen LogP contribution is 2.32. The third-order valence-electron chi connectivity index (χ3n) is 7.27. The molecule has 3 heterocycles. The maximum atomic E-state index is 13.3. The number of ether oxygens (including phenoxy) is 1. The molecule has 0 fully saturated rings. The number of carbonyl (C=O) groups excluding carboxylic acids is 3. The molecule has 1 aliphatic heterocycles. The van der Waals surface area contributed by atoms with Crippen LogP contribution in [0, 0.1) is 0 Å². The van der Waals surface area contributed by atoms with Crippen molar-refractivity contribution in [1.82, 2.24) is 30.7 Å². The summed E-state index contributed by atoms with van der Waals surface area (Å²) in [6.07, 6.45) is 3.47. The quantitative estimate of drug-likeness (QED) is 0.250. The van der Waals surface area contributed by atoms with Gasteiger partial charge in [-0.05, 0) is 47.4 Å². The number of rotatable bonds is 9. The SMILES string of the molecule is CN1C(=O)C(NC(=O)c2n[nH]c(Cc3ccccc3)n2)COc2ccc(CCC(=O)Cc3ccc4[nH]ncc4c3)cc21. The second-order valence-electron chi connectivity index (χ2n) is 10.3. The number of ketones is 1. The highest BCUT2D eigenvalue weighted by molar-refractivity contribution is 6.02. The van der Waals surface area contributed by atoms with E-state index in [2.05, 4.69) is 30.7 Å². The number of fused-ring (bicyclic) bond motifs is 2. The van der Waals surface area contributed by atoms with Crippen molar-refractivity contribution in [2.24, 2.45) is 0 Å². The van der Waals surface area contributed by atoms with Crippen LogP contribution in [0.25, 0.3) is 10.9 Å².